The Balaban J connectivity index is 1.64. The quantitative estimate of drug-likeness (QED) is 0.848. The van der Waals surface area contributed by atoms with Crippen molar-refractivity contribution in [3.8, 4) is 0 Å². The minimum atomic E-state index is 0.388. The van der Waals surface area contributed by atoms with Gasteiger partial charge in [-0.15, -0.1) is 21.5 Å². The van der Waals surface area contributed by atoms with Gasteiger partial charge in [0.1, 0.15) is 10.0 Å². The molecule has 20 heavy (non-hydrogen) atoms. The Bertz CT molecular complexity index is 534. The average molecular weight is 287 g/mol. The van der Waals surface area contributed by atoms with Crippen LogP contribution in [0.4, 0.5) is 0 Å². The van der Waals surface area contributed by atoms with Crippen molar-refractivity contribution in [3.63, 3.8) is 0 Å². The van der Waals surface area contributed by atoms with Gasteiger partial charge in [0, 0.05) is 24.9 Å². The van der Waals surface area contributed by atoms with Gasteiger partial charge in [-0.25, -0.2) is 0 Å². The van der Waals surface area contributed by atoms with Crippen molar-refractivity contribution in [3.05, 3.63) is 45.9 Å². The van der Waals surface area contributed by atoms with Crippen molar-refractivity contribution in [2.24, 2.45) is 0 Å². The van der Waals surface area contributed by atoms with E-state index in [2.05, 4.69) is 52.8 Å². The normalized spacial score (nSPS) is 16.2. The van der Waals surface area contributed by atoms with Gasteiger partial charge < -0.3 is 5.32 Å². The topological polar surface area (TPSA) is 37.8 Å². The van der Waals surface area contributed by atoms with Crippen LogP contribution in [0.5, 0.6) is 0 Å². The van der Waals surface area contributed by atoms with Crippen LogP contribution in [0.3, 0.4) is 0 Å². The lowest BCUT2D eigenvalue weighted by molar-refractivity contribution is 0.676. The lowest BCUT2D eigenvalue weighted by Gasteiger charge is -2.11. The standard InChI is InChI=1S/C16H21N3S/c1-2-14(12-6-4-3-5-7-12)16-19-18-15(20-16)10-11-17-13-8-9-13/h3-7,13-14,17H,2,8-11H2,1H3. The summed E-state index contributed by atoms with van der Waals surface area (Å²) < 4.78 is 0. The summed E-state index contributed by atoms with van der Waals surface area (Å²) in [6, 6.07) is 11.4. The Kier molecular flexibility index (Phi) is 4.43. The molecule has 1 aliphatic carbocycles. The molecule has 2 aromatic rings. The molecule has 3 rings (SSSR count). The van der Waals surface area contributed by atoms with Crippen LogP contribution < -0.4 is 5.32 Å². The summed E-state index contributed by atoms with van der Waals surface area (Å²) in [6.07, 6.45) is 4.75. The van der Waals surface area contributed by atoms with E-state index in [0.29, 0.717) is 5.92 Å². The van der Waals surface area contributed by atoms with Gasteiger partial charge in [0.2, 0.25) is 0 Å². The fourth-order valence-electron chi connectivity index (χ4n) is 2.42. The minimum absolute atomic E-state index is 0.388. The molecule has 0 amide bonds. The molecular formula is C16H21N3S. The molecule has 0 aliphatic heterocycles. The molecule has 1 saturated carbocycles. The van der Waals surface area contributed by atoms with E-state index in [1.54, 1.807) is 11.3 Å². The van der Waals surface area contributed by atoms with Crippen molar-refractivity contribution in [1.29, 1.82) is 0 Å². The molecule has 0 spiro atoms. The number of nitrogens with zero attached hydrogens (tertiary/aromatic N) is 2. The maximum Gasteiger partial charge on any atom is 0.124 e. The molecule has 1 aromatic carbocycles. The van der Waals surface area contributed by atoms with Crippen LogP contribution in [0.2, 0.25) is 0 Å². The van der Waals surface area contributed by atoms with E-state index in [-0.39, 0.29) is 0 Å². The fourth-order valence-corrected chi connectivity index (χ4v) is 3.47. The van der Waals surface area contributed by atoms with E-state index in [0.717, 1.165) is 35.4 Å². The van der Waals surface area contributed by atoms with Crippen LogP contribution in [-0.2, 0) is 6.42 Å². The molecule has 1 aromatic heterocycles. The van der Waals surface area contributed by atoms with Gasteiger partial charge in [0.05, 0.1) is 0 Å². The number of rotatable bonds is 7. The van der Waals surface area contributed by atoms with Crippen LogP contribution in [0.25, 0.3) is 0 Å². The zero-order valence-electron chi connectivity index (χ0n) is 11.9. The zero-order valence-corrected chi connectivity index (χ0v) is 12.7. The number of benzene rings is 1. The van der Waals surface area contributed by atoms with Gasteiger partial charge in [-0.05, 0) is 24.8 Å². The van der Waals surface area contributed by atoms with Gasteiger partial charge >= 0.3 is 0 Å². The number of nitrogens with one attached hydrogen (secondary N) is 1. The van der Waals surface area contributed by atoms with E-state index < -0.39 is 0 Å². The number of aromatic nitrogens is 2. The molecule has 1 aliphatic rings. The fraction of sp³-hybridized carbons (Fsp3) is 0.500. The van der Waals surface area contributed by atoms with Crippen LogP contribution in [0, 0.1) is 0 Å². The summed E-state index contributed by atoms with van der Waals surface area (Å²) in [5, 5.41) is 14.6. The van der Waals surface area contributed by atoms with Crippen molar-refractivity contribution < 1.29 is 0 Å². The minimum Gasteiger partial charge on any atom is -0.314 e. The molecule has 106 valence electrons. The van der Waals surface area contributed by atoms with E-state index in [4.69, 9.17) is 0 Å². The number of hydrogen-bond donors (Lipinski definition) is 1. The van der Waals surface area contributed by atoms with Crippen molar-refractivity contribution in [1.82, 2.24) is 15.5 Å². The molecule has 0 radical (unpaired) electrons. The van der Waals surface area contributed by atoms with Gasteiger partial charge in [-0.1, -0.05) is 37.3 Å². The Labute approximate surface area is 124 Å². The second-order valence-electron chi connectivity index (χ2n) is 5.38. The van der Waals surface area contributed by atoms with Crippen LogP contribution in [0.15, 0.2) is 30.3 Å². The van der Waals surface area contributed by atoms with E-state index >= 15 is 0 Å². The highest BCUT2D eigenvalue weighted by molar-refractivity contribution is 7.11. The summed E-state index contributed by atoms with van der Waals surface area (Å²) in [7, 11) is 0. The molecule has 0 saturated heterocycles. The van der Waals surface area contributed by atoms with Crippen molar-refractivity contribution >= 4 is 11.3 Å². The third-order valence-electron chi connectivity index (χ3n) is 3.74. The number of hydrogen-bond acceptors (Lipinski definition) is 4. The van der Waals surface area contributed by atoms with Gasteiger partial charge in [-0.2, -0.15) is 0 Å². The first kappa shape index (κ1) is 13.7. The highest BCUT2D eigenvalue weighted by atomic mass is 32.1. The summed E-state index contributed by atoms with van der Waals surface area (Å²) in [5.41, 5.74) is 1.34. The smallest absolute Gasteiger partial charge is 0.124 e. The third-order valence-corrected chi connectivity index (χ3v) is 4.84. The Morgan fingerprint density at radius 3 is 2.75 bits per heavy atom. The molecule has 1 atom stereocenters. The first-order chi connectivity index (χ1) is 9.86. The largest absolute Gasteiger partial charge is 0.314 e. The van der Waals surface area contributed by atoms with E-state index in [1.807, 2.05) is 0 Å². The van der Waals surface area contributed by atoms with Crippen LogP contribution in [-0.4, -0.2) is 22.8 Å². The maximum atomic E-state index is 4.42. The first-order valence-corrected chi connectivity index (χ1v) is 8.29. The molecule has 1 fully saturated rings. The summed E-state index contributed by atoms with van der Waals surface area (Å²) in [5.74, 6) is 0.388. The lowest BCUT2D eigenvalue weighted by atomic mass is 9.97. The molecule has 1 heterocycles. The molecule has 4 heteroatoms. The molecule has 1 unspecified atom stereocenters. The summed E-state index contributed by atoms with van der Waals surface area (Å²) >= 11 is 1.77. The average Bonchev–Trinajstić information content (AvgIpc) is 3.19. The van der Waals surface area contributed by atoms with E-state index in [9.17, 15) is 0 Å². The second-order valence-corrected chi connectivity index (χ2v) is 6.48. The van der Waals surface area contributed by atoms with Gasteiger partial charge in [-0.3, -0.25) is 0 Å². The van der Waals surface area contributed by atoms with Crippen LogP contribution >= 0.6 is 11.3 Å². The van der Waals surface area contributed by atoms with Gasteiger partial charge in [0.15, 0.2) is 0 Å². The predicted molar refractivity (Wildman–Crippen MR) is 83.2 cm³/mol. The van der Waals surface area contributed by atoms with Crippen LogP contribution in [0.1, 0.15) is 47.7 Å². The lowest BCUT2D eigenvalue weighted by Crippen LogP contribution is -2.19. The highest BCUT2D eigenvalue weighted by Gasteiger charge is 2.20. The summed E-state index contributed by atoms with van der Waals surface area (Å²) in [6.45, 7) is 3.24. The SMILES string of the molecule is CCC(c1ccccc1)c1nnc(CCNC2CC2)s1. The van der Waals surface area contributed by atoms with Crippen molar-refractivity contribution in [2.45, 2.75) is 44.6 Å². The zero-order chi connectivity index (χ0) is 13.8. The monoisotopic (exact) mass is 287 g/mol. The Morgan fingerprint density at radius 2 is 2.05 bits per heavy atom. The highest BCUT2D eigenvalue weighted by Crippen LogP contribution is 2.30. The third kappa shape index (κ3) is 3.44. The Hall–Kier alpha value is -1.26. The molecule has 0 bridgehead atoms. The predicted octanol–water partition coefficient (Wildman–Crippen LogP) is 3.37. The second kappa shape index (κ2) is 6.46. The van der Waals surface area contributed by atoms with Gasteiger partial charge in [0.25, 0.3) is 0 Å². The maximum absolute atomic E-state index is 4.42. The first-order valence-electron chi connectivity index (χ1n) is 7.47. The Morgan fingerprint density at radius 1 is 1.25 bits per heavy atom. The molecular weight excluding hydrogens is 266 g/mol. The molecule has 3 nitrogen and oxygen atoms in total. The summed E-state index contributed by atoms with van der Waals surface area (Å²) in [4.78, 5) is 0. The van der Waals surface area contributed by atoms with Crippen molar-refractivity contribution in [2.75, 3.05) is 6.54 Å². The molecule has 1 N–H and O–H groups in total. The van der Waals surface area contributed by atoms with E-state index in [1.165, 1.54) is 18.4 Å².